The van der Waals surface area contributed by atoms with Gasteiger partial charge in [0.15, 0.2) is 0 Å². The summed E-state index contributed by atoms with van der Waals surface area (Å²) in [6.07, 6.45) is -0.958. The van der Waals surface area contributed by atoms with Crippen molar-refractivity contribution in [2.75, 3.05) is 39.1 Å². The summed E-state index contributed by atoms with van der Waals surface area (Å²) in [4.78, 5) is 7.24. The van der Waals surface area contributed by atoms with Crippen molar-refractivity contribution in [2.45, 2.75) is 42.9 Å². The summed E-state index contributed by atoms with van der Waals surface area (Å²) in [6.45, 7) is 2.36. The van der Waals surface area contributed by atoms with E-state index >= 15 is 0 Å². The van der Waals surface area contributed by atoms with Gasteiger partial charge in [0.05, 0.1) is 29.3 Å². The van der Waals surface area contributed by atoms with Crippen LogP contribution in [0.2, 0.25) is 5.02 Å². The summed E-state index contributed by atoms with van der Waals surface area (Å²) in [5, 5.41) is 22.5. The number of fused-ring (bicyclic) bond motifs is 1. The number of alkyl halides is 3. The van der Waals surface area contributed by atoms with Gasteiger partial charge in [0.25, 0.3) is 0 Å². The molecule has 0 amide bonds. The third kappa shape index (κ3) is 6.93. The van der Waals surface area contributed by atoms with E-state index in [1.807, 2.05) is 18.2 Å². The van der Waals surface area contributed by atoms with Crippen molar-refractivity contribution in [3.05, 3.63) is 64.8 Å². The lowest BCUT2D eigenvalue weighted by molar-refractivity contribution is -0.137. The predicted octanol–water partition coefficient (Wildman–Crippen LogP) is 6.60. The summed E-state index contributed by atoms with van der Waals surface area (Å²) >= 11 is 7.87. The Morgan fingerprint density at radius 1 is 1.18 bits per heavy atom. The Balaban J connectivity index is 1.31. The minimum absolute atomic E-state index is 0.0329. The van der Waals surface area contributed by atoms with Gasteiger partial charge in [-0.2, -0.15) is 13.2 Å². The average molecular weight is 569 g/mol. The third-order valence-electron chi connectivity index (χ3n) is 7.44. The molecule has 5 nitrogen and oxygen atoms in total. The van der Waals surface area contributed by atoms with Crippen molar-refractivity contribution in [3.8, 4) is 5.75 Å². The summed E-state index contributed by atoms with van der Waals surface area (Å²) in [6, 6.07) is 10.9. The van der Waals surface area contributed by atoms with Crippen LogP contribution in [0.25, 0.3) is 10.9 Å². The molecule has 2 heterocycles. The molecule has 0 spiro atoms. The van der Waals surface area contributed by atoms with Gasteiger partial charge in [-0.1, -0.05) is 17.7 Å². The molecule has 1 fully saturated rings. The van der Waals surface area contributed by atoms with Gasteiger partial charge in [-0.05, 0) is 80.6 Å². The van der Waals surface area contributed by atoms with E-state index in [4.69, 9.17) is 16.3 Å². The van der Waals surface area contributed by atoms with Crippen LogP contribution in [-0.4, -0.2) is 59.2 Å². The maximum Gasteiger partial charge on any atom is 0.416 e. The van der Waals surface area contributed by atoms with Crippen molar-refractivity contribution in [2.24, 2.45) is 5.41 Å². The Hall–Kier alpha value is -2.04. The van der Waals surface area contributed by atoms with Gasteiger partial charge in [0, 0.05) is 40.9 Å². The highest BCUT2D eigenvalue weighted by molar-refractivity contribution is 7.99. The molecule has 1 aromatic heterocycles. The first-order valence-electron chi connectivity index (χ1n) is 12.6. The predicted molar refractivity (Wildman–Crippen MR) is 145 cm³/mol. The van der Waals surface area contributed by atoms with Gasteiger partial charge in [0.1, 0.15) is 5.75 Å². The number of hydrogen-bond donors (Lipinski definition) is 2. The number of halogens is 4. The van der Waals surface area contributed by atoms with Crippen molar-refractivity contribution in [1.29, 1.82) is 0 Å². The molecule has 38 heavy (non-hydrogen) atoms. The topological polar surface area (TPSA) is 65.8 Å². The molecule has 2 aromatic carbocycles. The number of likely N-dealkylation sites (tertiary alicyclic amines) is 1. The number of hydrogen-bond acceptors (Lipinski definition) is 6. The van der Waals surface area contributed by atoms with Crippen LogP contribution in [-0.2, 0) is 6.18 Å². The maximum atomic E-state index is 12.9. The van der Waals surface area contributed by atoms with Crippen LogP contribution in [0.15, 0.2) is 53.6 Å². The molecule has 0 saturated carbocycles. The zero-order valence-electron chi connectivity index (χ0n) is 21.2. The lowest BCUT2D eigenvalue weighted by atomic mass is 9.74. The average Bonchev–Trinajstić information content (AvgIpc) is 2.92. The van der Waals surface area contributed by atoms with Gasteiger partial charge < -0.3 is 19.8 Å². The molecule has 3 aromatic rings. The van der Waals surface area contributed by atoms with Crippen molar-refractivity contribution >= 4 is 34.3 Å². The molecule has 1 aliphatic rings. The van der Waals surface area contributed by atoms with Crippen LogP contribution >= 0.6 is 23.4 Å². The number of aliphatic hydroxyl groups excluding tert-OH is 2. The molecule has 2 N–H and O–H groups in total. The van der Waals surface area contributed by atoms with Gasteiger partial charge >= 0.3 is 6.18 Å². The molecule has 0 bridgehead atoms. The number of aliphatic hydroxyl groups is 2. The fourth-order valence-corrected chi connectivity index (χ4v) is 6.26. The monoisotopic (exact) mass is 568 g/mol. The van der Waals surface area contributed by atoms with E-state index in [2.05, 4.69) is 9.88 Å². The van der Waals surface area contributed by atoms with E-state index in [1.165, 1.54) is 23.9 Å². The third-order valence-corrected chi connectivity index (χ3v) is 8.71. The first-order valence-corrected chi connectivity index (χ1v) is 13.9. The molecule has 4 rings (SSSR count). The number of nitrogens with zero attached hydrogens (tertiary/aromatic N) is 2. The Labute approximate surface area is 230 Å². The number of methoxy groups -OCH3 is 1. The van der Waals surface area contributed by atoms with Crippen LogP contribution in [0, 0.1) is 5.41 Å². The highest BCUT2D eigenvalue weighted by atomic mass is 35.5. The van der Waals surface area contributed by atoms with E-state index < -0.39 is 17.8 Å². The van der Waals surface area contributed by atoms with Crippen LogP contribution in [0.3, 0.4) is 0 Å². The molecular formula is C28H32ClF3N2O3S. The van der Waals surface area contributed by atoms with Crippen molar-refractivity contribution < 1.29 is 28.1 Å². The number of ether oxygens (including phenoxy) is 1. The Morgan fingerprint density at radius 3 is 2.63 bits per heavy atom. The molecule has 1 atom stereocenters. The Bertz CT molecular complexity index is 1240. The molecule has 1 aliphatic heterocycles. The van der Waals surface area contributed by atoms with E-state index in [9.17, 15) is 23.4 Å². The van der Waals surface area contributed by atoms with Crippen molar-refractivity contribution in [1.82, 2.24) is 9.88 Å². The number of pyridine rings is 1. The molecule has 10 heteroatoms. The van der Waals surface area contributed by atoms with Gasteiger partial charge in [-0.25, -0.2) is 0 Å². The zero-order chi connectivity index (χ0) is 27.3. The quantitative estimate of drug-likeness (QED) is 0.269. The van der Waals surface area contributed by atoms with E-state index in [0.29, 0.717) is 39.8 Å². The zero-order valence-corrected chi connectivity index (χ0v) is 22.7. The molecule has 206 valence electrons. The number of thioether (sulfide) groups is 1. The summed E-state index contributed by atoms with van der Waals surface area (Å²) in [7, 11) is 1.58. The highest BCUT2D eigenvalue weighted by Crippen LogP contribution is 2.40. The normalized spacial score (nSPS) is 17.0. The Kier molecular flexibility index (Phi) is 9.47. The highest BCUT2D eigenvalue weighted by Gasteiger charge is 2.35. The molecule has 1 saturated heterocycles. The number of benzene rings is 2. The fourth-order valence-electron chi connectivity index (χ4n) is 5.01. The molecule has 0 unspecified atom stereocenters. The minimum atomic E-state index is -4.34. The van der Waals surface area contributed by atoms with E-state index in [0.717, 1.165) is 49.4 Å². The van der Waals surface area contributed by atoms with Crippen LogP contribution < -0.4 is 4.74 Å². The first-order chi connectivity index (χ1) is 18.1. The van der Waals surface area contributed by atoms with Gasteiger partial charge in [-0.15, -0.1) is 11.8 Å². The first kappa shape index (κ1) is 29.0. The standard InChI is InChI=1S/C28H32ClF3N2O3S/c1-37-20-5-6-24-22(16-20)26(23(29)17-33-24)25(36)7-8-27(18-35)9-11-34(12-10-27)13-14-38-21-4-2-3-19(15-21)28(30,31)32/h2-6,15-17,25,35-36H,7-14,18H2,1H3/t25-/m1/s1. The number of piperidine rings is 1. The molecule has 0 aliphatic carbocycles. The van der Waals surface area contributed by atoms with E-state index in [1.54, 1.807) is 19.4 Å². The van der Waals surface area contributed by atoms with Crippen LogP contribution in [0.4, 0.5) is 13.2 Å². The summed E-state index contributed by atoms with van der Waals surface area (Å²) < 4.78 is 44.2. The Morgan fingerprint density at radius 2 is 1.95 bits per heavy atom. The largest absolute Gasteiger partial charge is 0.497 e. The van der Waals surface area contributed by atoms with Gasteiger partial charge in [0.2, 0.25) is 0 Å². The summed E-state index contributed by atoms with van der Waals surface area (Å²) in [5.41, 5.74) is 0.416. The van der Waals surface area contributed by atoms with Crippen molar-refractivity contribution in [3.63, 3.8) is 0 Å². The molecule has 0 radical (unpaired) electrons. The van der Waals surface area contributed by atoms with Crippen LogP contribution in [0.1, 0.15) is 42.9 Å². The second kappa shape index (κ2) is 12.4. The maximum absolute atomic E-state index is 12.9. The number of aromatic nitrogens is 1. The van der Waals surface area contributed by atoms with Crippen LogP contribution in [0.5, 0.6) is 5.75 Å². The SMILES string of the molecule is COc1ccc2ncc(Cl)c([C@H](O)CCC3(CO)CCN(CCSc4cccc(C(F)(F)F)c4)CC3)c2c1. The number of rotatable bonds is 10. The lowest BCUT2D eigenvalue weighted by Gasteiger charge is -2.41. The molecular weight excluding hydrogens is 537 g/mol. The minimum Gasteiger partial charge on any atom is -0.497 e. The smallest absolute Gasteiger partial charge is 0.416 e. The second-order valence-corrected chi connectivity index (χ2v) is 11.4. The van der Waals surface area contributed by atoms with Gasteiger partial charge in [-0.3, -0.25) is 4.98 Å². The second-order valence-electron chi connectivity index (χ2n) is 9.83. The lowest BCUT2D eigenvalue weighted by Crippen LogP contribution is -2.43. The van der Waals surface area contributed by atoms with E-state index in [-0.39, 0.29) is 12.0 Å². The summed E-state index contributed by atoms with van der Waals surface area (Å²) in [5.74, 6) is 1.34. The fraction of sp³-hybridized carbons (Fsp3) is 0.464.